The van der Waals surface area contributed by atoms with E-state index >= 15 is 0 Å². The van der Waals surface area contributed by atoms with E-state index in [1.54, 1.807) is 14.1 Å². The van der Waals surface area contributed by atoms with Crippen molar-refractivity contribution < 1.29 is 34.2 Å². The molecule has 47 heavy (non-hydrogen) atoms. The molecule has 0 aromatic heterocycles. The summed E-state index contributed by atoms with van der Waals surface area (Å²) >= 11 is 0. The van der Waals surface area contributed by atoms with Crippen LogP contribution in [-0.4, -0.2) is 90.0 Å². The van der Waals surface area contributed by atoms with Crippen LogP contribution in [0.1, 0.15) is 53.6 Å². The number of ketones is 4. The summed E-state index contributed by atoms with van der Waals surface area (Å²) in [5.41, 5.74) is 5.70. The number of carbonyl (C=O) groups is 5. The number of likely N-dealkylation sites (N-methyl/N-ethyl adjacent to an activating group) is 1. The maximum Gasteiger partial charge on any atom is 0.235 e. The van der Waals surface area contributed by atoms with E-state index in [-0.39, 0.29) is 30.2 Å². The molecule has 0 bridgehead atoms. The van der Waals surface area contributed by atoms with E-state index < -0.39 is 64.4 Å². The monoisotopic (exact) mass is 644 g/mol. The van der Waals surface area contributed by atoms with E-state index in [9.17, 15) is 34.2 Å². The minimum atomic E-state index is -2.74. The Morgan fingerprint density at radius 2 is 1.66 bits per heavy atom. The smallest absolute Gasteiger partial charge is 0.235 e. The van der Waals surface area contributed by atoms with Crippen molar-refractivity contribution >= 4 is 40.4 Å². The fourth-order valence-corrected chi connectivity index (χ4v) is 8.84. The number of benzene rings is 2. The molecule has 4 aliphatic carbocycles. The van der Waals surface area contributed by atoms with Gasteiger partial charge in [-0.05, 0) is 88.1 Å². The van der Waals surface area contributed by atoms with Gasteiger partial charge in [0.25, 0.3) is 0 Å². The molecule has 250 valence electrons. The normalized spacial score (nSPS) is 32.0. The standard InChI is InChI=1S/C36H44N4O7/c1-39(2)25-17-24(38-21-12-10-19(11-13-21)14-18-8-6-5-7-9-18)30(41)27-22(25)15-20-16-23-29(40(3)4)32(43)28(35(37)46)34(45)36(23,47)33(44)26(20)31(27)42/h5-9,17,19-21,23,26,28-29,38,41,47H,10-16H2,1-4H3,(H2,37,46). The molecule has 6 unspecified atom stereocenters. The van der Waals surface area contributed by atoms with Gasteiger partial charge in [0.05, 0.1) is 23.2 Å². The second kappa shape index (κ2) is 12.2. The fourth-order valence-electron chi connectivity index (χ4n) is 8.84. The highest BCUT2D eigenvalue weighted by Gasteiger charge is 2.69. The van der Waals surface area contributed by atoms with Crippen LogP contribution in [0, 0.1) is 29.6 Å². The number of primary amides is 1. The van der Waals surface area contributed by atoms with Crippen molar-refractivity contribution in [3.05, 3.63) is 53.1 Å². The lowest BCUT2D eigenvalue weighted by Crippen LogP contribution is -2.74. The third kappa shape index (κ3) is 5.33. The third-order valence-corrected chi connectivity index (χ3v) is 11.1. The largest absolute Gasteiger partial charge is 0.505 e. The van der Waals surface area contributed by atoms with Crippen molar-refractivity contribution in [2.45, 2.75) is 62.6 Å². The Kier molecular flexibility index (Phi) is 8.50. The van der Waals surface area contributed by atoms with Crippen LogP contribution in [0.5, 0.6) is 5.75 Å². The minimum Gasteiger partial charge on any atom is -0.505 e. The lowest BCUT2D eigenvalue weighted by Gasteiger charge is -2.52. The van der Waals surface area contributed by atoms with Crippen molar-refractivity contribution in [2.75, 3.05) is 38.4 Å². The van der Waals surface area contributed by atoms with Crippen molar-refractivity contribution in [1.82, 2.24) is 4.90 Å². The first kappa shape index (κ1) is 32.8. The molecule has 2 aromatic carbocycles. The zero-order valence-electron chi connectivity index (χ0n) is 27.4. The number of rotatable bonds is 7. The number of phenolic OH excluding ortho intramolecular Hbond substituents is 1. The predicted octanol–water partition coefficient (Wildman–Crippen LogP) is 2.15. The van der Waals surface area contributed by atoms with Gasteiger partial charge in [-0.2, -0.15) is 0 Å². The quantitative estimate of drug-likeness (QED) is 0.259. The molecular formula is C36H44N4O7. The number of hydrogen-bond donors (Lipinski definition) is 4. The number of carbonyl (C=O) groups excluding carboxylic acids is 5. The van der Waals surface area contributed by atoms with Gasteiger partial charge in [-0.25, -0.2) is 0 Å². The molecule has 0 heterocycles. The highest BCUT2D eigenvalue weighted by molar-refractivity contribution is 6.32. The summed E-state index contributed by atoms with van der Waals surface area (Å²) in [5.74, 6) is -9.89. The fraction of sp³-hybridized carbons (Fsp3) is 0.528. The second-order valence-electron chi connectivity index (χ2n) is 14.4. The Hall–Kier alpha value is -4.09. The number of anilines is 2. The van der Waals surface area contributed by atoms with E-state index in [1.807, 2.05) is 31.1 Å². The maximum atomic E-state index is 14.3. The molecule has 2 aromatic rings. The van der Waals surface area contributed by atoms with Crippen LogP contribution in [0.4, 0.5) is 11.4 Å². The summed E-state index contributed by atoms with van der Waals surface area (Å²) in [4.78, 5) is 71.0. The number of hydrogen-bond acceptors (Lipinski definition) is 10. The van der Waals surface area contributed by atoms with Gasteiger partial charge in [0.2, 0.25) is 5.91 Å². The van der Waals surface area contributed by atoms with Crippen LogP contribution >= 0.6 is 0 Å². The van der Waals surface area contributed by atoms with Crippen LogP contribution < -0.4 is 16.0 Å². The molecule has 1 amide bonds. The maximum absolute atomic E-state index is 14.3. The SMILES string of the molecule is CN(C)c1cc(NC2CCC(Cc3ccccc3)CC2)c(O)c2c1CC1CC3C(N(C)C)C(=O)C(C(N)=O)C(=O)C3(O)C(=O)C1C2=O. The molecule has 4 aliphatic rings. The highest BCUT2D eigenvalue weighted by atomic mass is 16.3. The number of amides is 1. The summed E-state index contributed by atoms with van der Waals surface area (Å²) in [6.07, 6.45) is 5.09. The van der Waals surface area contributed by atoms with Crippen LogP contribution in [0.15, 0.2) is 36.4 Å². The zero-order valence-corrected chi connectivity index (χ0v) is 27.4. The number of aliphatic hydroxyl groups is 1. The molecule has 0 aliphatic heterocycles. The van der Waals surface area contributed by atoms with Crippen molar-refractivity contribution in [1.29, 1.82) is 0 Å². The van der Waals surface area contributed by atoms with E-state index in [2.05, 4.69) is 29.6 Å². The first-order valence-electron chi connectivity index (χ1n) is 16.5. The molecule has 3 saturated carbocycles. The Labute approximate surface area is 274 Å². The van der Waals surface area contributed by atoms with Gasteiger partial charge >= 0.3 is 0 Å². The lowest BCUT2D eigenvalue weighted by atomic mass is 9.52. The molecule has 6 atom stereocenters. The number of phenols is 1. The molecule has 0 radical (unpaired) electrons. The summed E-state index contributed by atoms with van der Waals surface area (Å²) in [5, 5.41) is 27.0. The Morgan fingerprint density at radius 1 is 1.00 bits per heavy atom. The van der Waals surface area contributed by atoms with E-state index in [0.29, 0.717) is 22.9 Å². The lowest BCUT2D eigenvalue weighted by molar-refractivity contribution is -0.181. The van der Waals surface area contributed by atoms with E-state index in [0.717, 1.165) is 32.1 Å². The van der Waals surface area contributed by atoms with Crippen LogP contribution in [-0.2, 0) is 32.0 Å². The molecule has 11 nitrogen and oxygen atoms in total. The molecular weight excluding hydrogens is 600 g/mol. The second-order valence-corrected chi connectivity index (χ2v) is 14.4. The van der Waals surface area contributed by atoms with Gasteiger partial charge in [0, 0.05) is 31.7 Å². The molecule has 11 heteroatoms. The first-order valence-corrected chi connectivity index (χ1v) is 16.5. The highest BCUT2D eigenvalue weighted by Crippen LogP contribution is 2.53. The molecule has 6 rings (SSSR count). The number of nitrogens with zero attached hydrogens (tertiary/aromatic N) is 2. The molecule has 0 saturated heterocycles. The number of fused-ring (bicyclic) bond motifs is 3. The molecule has 5 N–H and O–H groups in total. The number of nitrogens with two attached hydrogens (primary N) is 1. The van der Waals surface area contributed by atoms with E-state index in [4.69, 9.17) is 5.73 Å². The van der Waals surface area contributed by atoms with Gasteiger partial charge in [-0.1, -0.05) is 30.3 Å². The molecule has 0 spiro atoms. The molecule has 3 fully saturated rings. The summed E-state index contributed by atoms with van der Waals surface area (Å²) in [7, 11) is 6.83. The Balaban J connectivity index is 1.31. The van der Waals surface area contributed by atoms with E-state index in [1.165, 1.54) is 10.5 Å². The minimum absolute atomic E-state index is 0.00283. The first-order chi connectivity index (χ1) is 22.2. The Bertz CT molecular complexity index is 1630. The number of Topliss-reactive ketones (excluding diaryl/α,β-unsaturated/α-hetero) is 4. The van der Waals surface area contributed by atoms with Crippen molar-refractivity contribution in [3.63, 3.8) is 0 Å². The number of aromatic hydroxyl groups is 1. The van der Waals surface area contributed by atoms with Gasteiger partial charge < -0.3 is 26.2 Å². The summed E-state index contributed by atoms with van der Waals surface area (Å²) in [6, 6.07) is 11.2. The zero-order chi connectivity index (χ0) is 33.9. The van der Waals surface area contributed by atoms with Crippen molar-refractivity contribution in [2.24, 2.45) is 35.3 Å². The third-order valence-electron chi connectivity index (χ3n) is 11.1. The average Bonchev–Trinajstić information content (AvgIpc) is 3.01. The Morgan fingerprint density at radius 3 is 2.26 bits per heavy atom. The number of nitrogens with one attached hydrogen (secondary N) is 1. The predicted molar refractivity (Wildman–Crippen MR) is 175 cm³/mol. The van der Waals surface area contributed by atoms with Crippen LogP contribution in [0.2, 0.25) is 0 Å². The van der Waals surface area contributed by atoms with Gasteiger partial charge in [0.1, 0.15) is 5.75 Å². The van der Waals surface area contributed by atoms with Crippen LogP contribution in [0.3, 0.4) is 0 Å². The van der Waals surface area contributed by atoms with Gasteiger partial charge in [-0.15, -0.1) is 0 Å². The topological polar surface area (TPSA) is 170 Å². The summed E-state index contributed by atoms with van der Waals surface area (Å²) < 4.78 is 0. The van der Waals surface area contributed by atoms with Crippen molar-refractivity contribution in [3.8, 4) is 5.75 Å². The summed E-state index contributed by atoms with van der Waals surface area (Å²) in [6.45, 7) is 0. The van der Waals surface area contributed by atoms with Gasteiger partial charge in [-0.3, -0.25) is 28.9 Å². The van der Waals surface area contributed by atoms with Gasteiger partial charge in [0.15, 0.2) is 34.7 Å². The van der Waals surface area contributed by atoms with Crippen LogP contribution in [0.25, 0.3) is 0 Å². The average molecular weight is 645 g/mol.